The molecule has 0 aliphatic heterocycles. The molecule has 0 aliphatic carbocycles. The molecule has 3 rings (SSSR count). The second-order valence-corrected chi connectivity index (χ2v) is 5.80. The molecule has 0 fully saturated rings. The van der Waals surface area contributed by atoms with E-state index in [4.69, 9.17) is 23.2 Å². The Hall–Kier alpha value is -1.26. The maximum atomic E-state index is 6.13. The fourth-order valence-corrected chi connectivity index (χ4v) is 3.01. The van der Waals surface area contributed by atoms with Crippen molar-refractivity contribution < 1.29 is 12.4 Å². The Labute approximate surface area is 143 Å². The zero-order valence-corrected chi connectivity index (χ0v) is 13.8. The summed E-state index contributed by atoms with van der Waals surface area (Å²) in [5, 5.41) is 7.09. The lowest BCUT2D eigenvalue weighted by Gasteiger charge is -2.06. The summed E-state index contributed by atoms with van der Waals surface area (Å²) in [6.45, 7) is 0. The molecule has 3 aromatic rings. The van der Waals surface area contributed by atoms with Gasteiger partial charge in [0.2, 0.25) is 0 Å². The fourth-order valence-electron chi connectivity index (χ4n) is 1.80. The van der Waals surface area contributed by atoms with Gasteiger partial charge >= 0.3 is 0 Å². The molecule has 0 radical (unpaired) electrons. The first-order valence-corrected chi connectivity index (χ1v) is 7.59. The molecule has 0 saturated carbocycles. The van der Waals surface area contributed by atoms with Crippen molar-refractivity contribution in [1.29, 1.82) is 0 Å². The van der Waals surface area contributed by atoms with Crippen molar-refractivity contribution in [3.63, 3.8) is 0 Å². The monoisotopic (exact) mass is 355 g/mol. The van der Waals surface area contributed by atoms with Crippen molar-refractivity contribution in [2.24, 2.45) is 0 Å². The van der Waals surface area contributed by atoms with E-state index >= 15 is 0 Å². The van der Waals surface area contributed by atoms with Gasteiger partial charge in [0.15, 0.2) is 5.13 Å². The van der Waals surface area contributed by atoms with Crippen LogP contribution in [0.2, 0.25) is 10.0 Å². The molecule has 2 aromatic carbocycles. The average Bonchev–Trinajstić information content (AvgIpc) is 2.93. The predicted molar refractivity (Wildman–Crippen MR) is 87.3 cm³/mol. The van der Waals surface area contributed by atoms with Crippen LogP contribution in [0.1, 0.15) is 0 Å². The fraction of sp³-hybridized carbons (Fsp3) is 0. The third-order valence-corrected chi connectivity index (χ3v) is 4.16. The summed E-state index contributed by atoms with van der Waals surface area (Å²) in [7, 11) is 0. The molecule has 0 aliphatic rings. The summed E-state index contributed by atoms with van der Waals surface area (Å²) in [5.74, 6) is 0. The maximum absolute atomic E-state index is 6.13. The first kappa shape index (κ1) is 16.1. The molecule has 0 bridgehead atoms. The second kappa shape index (κ2) is 7.14. The molecule has 0 spiro atoms. The Morgan fingerprint density at radius 1 is 0.905 bits per heavy atom. The second-order valence-electron chi connectivity index (χ2n) is 4.13. The van der Waals surface area contributed by atoms with Crippen molar-refractivity contribution in [2.45, 2.75) is 0 Å². The van der Waals surface area contributed by atoms with E-state index < -0.39 is 0 Å². The van der Waals surface area contributed by atoms with Crippen molar-refractivity contribution in [3.8, 4) is 11.3 Å². The molecule has 21 heavy (non-hydrogen) atoms. The quantitative estimate of drug-likeness (QED) is 0.780. The van der Waals surface area contributed by atoms with E-state index in [1.165, 1.54) is 11.3 Å². The van der Waals surface area contributed by atoms with Gasteiger partial charge in [-0.1, -0.05) is 59.6 Å². The molecule has 1 aromatic heterocycles. The topological polar surface area (TPSA) is 24.9 Å². The Morgan fingerprint density at radius 3 is 2.24 bits per heavy atom. The summed E-state index contributed by atoms with van der Waals surface area (Å²) < 4.78 is 0. The van der Waals surface area contributed by atoms with Crippen LogP contribution < -0.4 is 17.7 Å². The highest BCUT2D eigenvalue weighted by Crippen LogP contribution is 2.34. The first-order valence-electron chi connectivity index (χ1n) is 5.96. The van der Waals surface area contributed by atoms with E-state index in [0.717, 1.165) is 16.4 Å². The van der Waals surface area contributed by atoms with Crippen molar-refractivity contribution in [3.05, 3.63) is 64.0 Å². The Bertz CT molecular complexity index is 709. The van der Waals surface area contributed by atoms with E-state index in [0.29, 0.717) is 15.7 Å². The standard InChI is InChI=1S/C15H10Cl2N2S.ClH/c16-11-7-4-8-12(17)14(11)19-15-18-13(9-20-15)10-5-2-1-3-6-10;/h1-9H,(H,18,19);1H/p-1. The highest BCUT2D eigenvalue weighted by Gasteiger charge is 2.09. The van der Waals surface area contributed by atoms with Gasteiger partial charge in [-0.15, -0.1) is 11.3 Å². The summed E-state index contributed by atoms with van der Waals surface area (Å²) in [4.78, 5) is 4.55. The minimum atomic E-state index is 0. The van der Waals surface area contributed by atoms with Crippen LogP contribution in [0, 0.1) is 0 Å². The zero-order chi connectivity index (χ0) is 13.9. The van der Waals surface area contributed by atoms with Gasteiger partial charge in [-0.05, 0) is 12.1 Å². The highest BCUT2D eigenvalue weighted by molar-refractivity contribution is 7.14. The van der Waals surface area contributed by atoms with Crippen LogP contribution in [0.15, 0.2) is 53.9 Å². The molecule has 108 valence electrons. The summed E-state index contributed by atoms with van der Waals surface area (Å²) in [6.07, 6.45) is 0. The molecule has 2 nitrogen and oxygen atoms in total. The number of thiazole rings is 1. The van der Waals surface area contributed by atoms with Gasteiger partial charge in [-0.3, -0.25) is 0 Å². The Kier molecular flexibility index (Phi) is 5.48. The molecule has 1 N–H and O–H groups in total. The number of halogens is 3. The molecule has 0 unspecified atom stereocenters. The Balaban J connectivity index is 0.00000161. The van der Waals surface area contributed by atoms with Crippen molar-refractivity contribution in [2.75, 3.05) is 5.32 Å². The smallest absolute Gasteiger partial charge is 0.187 e. The van der Waals surface area contributed by atoms with Crippen LogP contribution in [-0.4, -0.2) is 4.98 Å². The van der Waals surface area contributed by atoms with E-state index in [1.807, 2.05) is 41.8 Å². The van der Waals surface area contributed by atoms with E-state index in [1.54, 1.807) is 12.1 Å². The number of para-hydroxylation sites is 1. The van der Waals surface area contributed by atoms with Gasteiger partial charge in [-0.25, -0.2) is 4.98 Å². The third kappa shape index (κ3) is 3.69. The molecular formula is C15H10Cl3N2S-. The molecule has 1 heterocycles. The lowest BCUT2D eigenvalue weighted by molar-refractivity contribution is -0.00000369. The number of nitrogens with zero attached hydrogens (tertiary/aromatic N) is 1. The van der Waals surface area contributed by atoms with Crippen LogP contribution in [0.5, 0.6) is 0 Å². The van der Waals surface area contributed by atoms with Crippen LogP contribution in [-0.2, 0) is 0 Å². The van der Waals surface area contributed by atoms with Gasteiger partial charge < -0.3 is 17.7 Å². The number of benzene rings is 2. The minimum Gasteiger partial charge on any atom is -1.00 e. The van der Waals surface area contributed by atoms with Gasteiger partial charge in [-0.2, -0.15) is 0 Å². The van der Waals surface area contributed by atoms with Gasteiger partial charge in [0.05, 0.1) is 21.4 Å². The average molecular weight is 357 g/mol. The van der Waals surface area contributed by atoms with E-state index in [9.17, 15) is 0 Å². The molecule has 0 atom stereocenters. The number of anilines is 2. The van der Waals surface area contributed by atoms with Crippen LogP contribution in [0.25, 0.3) is 11.3 Å². The number of hydrogen-bond donors (Lipinski definition) is 1. The number of nitrogens with one attached hydrogen (secondary N) is 1. The van der Waals surface area contributed by atoms with Crippen LogP contribution >= 0.6 is 34.5 Å². The normalized spacial score (nSPS) is 10.0. The number of aromatic nitrogens is 1. The lowest BCUT2D eigenvalue weighted by atomic mass is 10.2. The summed E-state index contributed by atoms with van der Waals surface area (Å²) in [5.41, 5.74) is 2.70. The van der Waals surface area contributed by atoms with Crippen LogP contribution in [0.4, 0.5) is 10.8 Å². The molecule has 0 saturated heterocycles. The lowest BCUT2D eigenvalue weighted by Crippen LogP contribution is -3.00. The highest BCUT2D eigenvalue weighted by atomic mass is 35.5. The van der Waals surface area contributed by atoms with Gasteiger partial charge in [0.25, 0.3) is 0 Å². The summed E-state index contributed by atoms with van der Waals surface area (Å²) in [6, 6.07) is 15.4. The number of hydrogen-bond acceptors (Lipinski definition) is 3. The largest absolute Gasteiger partial charge is 1.00 e. The first-order chi connectivity index (χ1) is 9.74. The van der Waals surface area contributed by atoms with Gasteiger partial charge in [0, 0.05) is 10.9 Å². The molecule has 0 amide bonds. The third-order valence-electron chi connectivity index (χ3n) is 2.77. The maximum Gasteiger partial charge on any atom is 0.187 e. The van der Waals surface area contributed by atoms with E-state index in [2.05, 4.69) is 10.3 Å². The molecule has 6 heteroatoms. The summed E-state index contributed by atoms with van der Waals surface area (Å²) >= 11 is 13.8. The predicted octanol–water partition coefficient (Wildman–Crippen LogP) is 2.86. The SMILES string of the molecule is Clc1cccc(Cl)c1Nc1nc(-c2ccccc2)cs1.[Cl-]. The minimum absolute atomic E-state index is 0. The van der Waals surface area contributed by atoms with E-state index in [-0.39, 0.29) is 12.4 Å². The van der Waals surface area contributed by atoms with Gasteiger partial charge in [0.1, 0.15) is 0 Å². The Morgan fingerprint density at radius 2 is 1.57 bits per heavy atom. The van der Waals surface area contributed by atoms with Crippen molar-refractivity contribution in [1.82, 2.24) is 4.98 Å². The van der Waals surface area contributed by atoms with Crippen molar-refractivity contribution >= 4 is 45.4 Å². The zero-order valence-electron chi connectivity index (χ0n) is 10.7. The molecular weight excluding hydrogens is 347 g/mol. The van der Waals surface area contributed by atoms with Crippen LogP contribution in [0.3, 0.4) is 0 Å². The number of rotatable bonds is 3.